The van der Waals surface area contributed by atoms with Gasteiger partial charge >= 0.3 is 29.8 Å². The van der Waals surface area contributed by atoms with Gasteiger partial charge in [0.1, 0.15) is 42.0 Å². The lowest BCUT2D eigenvalue weighted by Gasteiger charge is -2.21. The number of hydrogen-bond donors (Lipinski definition) is 11. The van der Waals surface area contributed by atoms with E-state index in [1.807, 2.05) is 70.2 Å². The Morgan fingerprint density at radius 2 is 1.03 bits per heavy atom. The van der Waals surface area contributed by atoms with Crippen LogP contribution in [0.25, 0.3) is 21.7 Å². The molecule has 34 nitrogen and oxygen atoms in total. The maximum atomic E-state index is 14.2. The van der Waals surface area contributed by atoms with Crippen LogP contribution in [0, 0.1) is 0 Å². The molecule has 3 heterocycles. The lowest BCUT2D eigenvalue weighted by molar-refractivity contribution is -0.194. The molecular formula is C79H118ClN5O29S2. The van der Waals surface area contributed by atoms with Crippen molar-refractivity contribution in [3.05, 3.63) is 89.2 Å². The average Bonchev–Trinajstić information content (AvgIpc) is 1.57. The van der Waals surface area contributed by atoms with E-state index in [0.717, 1.165) is 21.7 Å². The van der Waals surface area contributed by atoms with Crippen LogP contribution < -0.4 is 25.0 Å². The summed E-state index contributed by atoms with van der Waals surface area (Å²) in [4.78, 5) is 106. The molecule has 2 aromatic heterocycles. The van der Waals surface area contributed by atoms with Crippen LogP contribution in [0.15, 0.2) is 71.9 Å². The Balaban J connectivity index is 0.000000486. The Bertz CT molecular complexity index is 3650. The van der Waals surface area contributed by atoms with Crippen molar-refractivity contribution in [1.82, 2.24) is 20.6 Å². The molecule has 11 N–H and O–H groups in total. The van der Waals surface area contributed by atoms with Gasteiger partial charge in [0.15, 0.2) is 25.2 Å². The molecule has 0 fully saturated rings. The quantitative estimate of drug-likeness (QED) is 0.00347. The number of amides is 3. The Labute approximate surface area is 689 Å². The fourth-order valence-electron chi connectivity index (χ4n) is 11.0. The number of anilines is 1. The highest BCUT2D eigenvalue weighted by molar-refractivity contribution is 8.76. The summed E-state index contributed by atoms with van der Waals surface area (Å²) in [6.45, 7) is 6.83. The Morgan fingerprint density at radius 1 is 0.552 bits per heavy atom. The van der Waals surface area contributed by atoms with Crippen LogP contribution in [0.5, 0.6) is 11.5 Å². The van der Waals surface area contributed by atoms with Crippen molar-refractivity contribution in [2.45, 2.75) is 198 Å². The molecule has 0 saturated heterocycles. The third kappa shape index (κ3) is 37.7. The first kappa shape index (κ1) is 103. The normalized spacial score (nSPS) is 14.3. The standard InChI is InChI=1S/C41H50ClN3O12.C19H30N2O6S2.C12H22O7.C7H16O4/c1-4-26(20-46)56-38(54-3)23-55-36(50)12-7-11-35(49)43-14-8-13-37(51)57-34-17-32-39(28-10-6-5-9-27(28)34)25(18-42)19-45(32)41(52)31-15-24-16-33(53-2)29(21-47)30(22-48)40(24)44-31;1-3-15(13-22)27-19(25-2)14-26-18(24)9-6-7-16(23)20-11-12-28-29-17-8-4-5-10-21-17;1-3-9(7-13)19-12(17-2)8-18-11(16)6-4-5-10(14)15;1-3-6(4-8)11-7(5-9)10-2/h5-6,9-10,15-17,25-26,38,44,46-48H,4,7-8,11-14,18-23H2,1-3H3,(H,43,49);4-5,8,10,15,19,22H,3,6-7,9,11-14H2,1-2H3,(H,20,23);9,12-13H,3-8H2,1-2H3,(H,14,15);6-9H,3-5H2,1-2H3/t25-,26?,38?;;;/m1.../s1. The minimum Gasteiger partial charge on any atom is -0.496 e. The van der Waals surface area contributed by atoms with E-state index in [1.165, 1.54) is 35.5 Å². The highest BCUT2D eigenvalue weighted by Gasteiger charge is 2.37. The average molecular weight is 1700 g/mol. The second-order valence-electron chi connectivity index (χ2n) is 25.7. The summed E-state index contributed by atoms with van der Waals surface area (Å²) >= 11 is 6.47. The zero-order valence-corrected chi connectivity index (χ0v) is 69.9. The van der Waals surface area contributed by atoms with Gasteiger partial charge in [-0.25, -0.2) is 4.98 Å². The lowest BCUT2D eigenvalue weighted by atomic mass is 9.95. The monoisotopic (exact) mass is 1700 g/mol. The van der Waals surface area contributed by atoms with Gasteiger partial charge in [0.25, 0.3) is 5.91 Å². The molecule has 8 unspecified atom stereocenters. The number of aliphatic hydroxyl groups is 7. The maximum Gasteiger partial charge on any atom is 0.311 e. The summed E-state index contributed by atoms with van der Waals surface area (Å²) in [5.74, 6) is -2.15. The van der Waals surface area contributed by atoms with Gasteiger partial charge in [0.05, 0.1) is 89.0 Å². The molecular weight excluding hydrogens is 1580 g/mol. The van der Waals surface area contributed by atoms with Crippen LogP contribution in [0.2, 0.25) is 0 Å². The third-order valence-electron chi connectivity index (χ3n) is 17.5. The van der Waals surface area contributed by atoms with Gasteiger partial charge in [-0.2, -0.15) is 0 Å². The second-order valence-corrected chi connectivity index (χ2v) is 28.5. The van der Waals surface area contributed by atoms with Crippen molar-refractivity contribution in [2.24, 2.45) is 0 Å². The molecule has 3 aromatic carbocycles. The molecule has 1 aliphatic heterocycles. The number of fused-ring (bicyclic) bond motifs is 4. The summed E-state index contributed by atoms with van der Waals surface area (Å²) in [6, 6.07) is 18.2. The number of carboxylic acid groups (broad SMARTS) is 1. The van der Waals surface area contributed by atoms with E-state index in [1.54, 1.807) is 50.9 Å². The fourth-order valence-corrected chi connectivity index (χ4v) is 13.0. The molecule has 6 rings (SSSR count). The Hall–Kier alpha value is -7.44. The molecule has 3 amide bonds. The predicted molar refractivity (Wildman–Crippen MR) is 431 cm³/mol. The number of ether oxygens (including phenoxy) is 13. The van der Waals surface area contributed by atoms with Gasteiger partial charge in [0.2, 0.25) is 11.8 Å². The number of nitrogens with one attached hydrogen (secondary N) is 3. The van der Waals surface area contributed by atoms with Crippen LogP contribution in [0.4, 0.5) is 5.69 Å². The van der Waals surface area contributed by atoms with Crippen LogP contribution in [0.1, 0.15) is 157 Å². The Kier molecular flexibility index (Phi) is 53.2. The summed E-state index contributed by atoms with van der Waals surface area (Å²) < 4.78 is 67.9. The van der Waals surface area contributed by atoms with Gasteiger partial charge in [0, 0.05) is 145 Å². The second kappa shape index (κ2) is 60.1. The third-order valence-corrected chi connectivity index (χ3v) is 20.2. The van der Waals surface area contributed by atoms with Crippen LogP contribution in [-0.4, -0.2) is 268 Å². The van der Waals surface area contributed by atoms with Gasteiger partial charge in [-0.3, -0.25) is 38.4 Å². The molecule has 5 aromatic rings. The summed E-state index contributed by atoms with van der Waals surface area (Å²) in [6.07, 6.45) is 1.68. The molecule has 0 bridgehead atoms. The number of halogens is 1. The zero-order chi connectivity index (χ0) is 85.7. The van der Waals surface area contributed by atoms with Crippen molar-refractivity contribution in [2.75, 3.05) is 125 Å². The SMILES string of the molecule is CCC(CO)OC(CO)OC.CCC(CO)OC(COC(=O)CCCC(=O)NCCCC(=O)Oc1cc2c(c3ccccc13)[C@H](CCl)CN2C(=O)c1cc2cc(OC)c(CO)c(CO)c2[nH]1)OC.CCC(CO)OC(COC(=O)CCCC(=O)NCCSSc1ccccn1)OC.CCC(CO)OC(COC(=O)CCCC(=O)O)OC. The molecule has 1 aliphatic rings. The molecule has 0 saturated carbocycles. The number of esters is 4. The number of alkyl halides is 1. The van der Waals surface area contributed by atoms with E-state index >= 15 is 0 Å². The van der Waals surface area contributed by atoms with E-state index in [0.29, 0.717) is 83.9 Å². The number of methoxy groups -OCH3 is 5. The van der Waals surface area contributed by atoms with Crippen molar-refractivity contribution < 1.29 is 141 Å². The summed E-state index contributed by atoms with van der Waals surface area (Å²) in [7, 11) is 10.4. The van der Waals surface area contributed by atoms with Crippen LogP contribution >= 0.6 is 33.2 Å². The summed E-state index contributed by atoms with van der Waals surface area (Å²) in [5.41, 5.74) is 3.01. The molecule has 0 aliphatic carbocycles. The van der Waals surface area contributed by atoms with E-state index < -0.39 is 61.1 Å². The number of aliphatic carboxylic acids is 1. The number of pyridine rings is 1. The molecule has 9 atom stereocenters. The molecule has 652 valence electrons. The number of carbonyl (C=O) groups excluding carboxylic acids is 7. The van der Waals surface area contributed by atoms with Crippen LogP contribution in [0.3, 0.4) is 0 Å². The minimum absolute atomic E-state index is 0.00438. The van der Waals surface area contributed by atoms with E-state index in [-0.39, 0.29) is 196 Å². The van der Waals surface area contributed by atoms with E-state index in [4.69, 9.17) is 98.7 Å². The number of carboxylic acids is 1. The highest BCUT2D eigenvalue weighted by atomic mass is 35.5. The molecule has 0 radical (unpaired) electrons. The van der Waals surface area contributed by atoms with Crippen molar-refractivity contribution in [3.8, 4) is 11.5 Å². The first-order chi connectivity index (χ1) is 56.0. The fraction of sp³-hybridized carbons (Fsp3) is 0.608. The number of aromatic nitrogens is 2. The topological polar surface area (TPSA) is 474 Å². The van der Waals surface area contributed by atoms with Gasteiger partial charge in [-0.05, 0) is 97.4 Å². The number of rotatable bonds is 54. The summed E-state index contributed by atoms with van der Waals surface area (Å²) in [5, 5.41) is 81.9. The van der Waals surface area contributed by atoms with E-state index in [2.05, 4.69) is 20.6 Å². The minimum atomic E-state index is -0.945. The first-order valence-corrected chi connectivity index (χ1v) is 41.1. The number of nitrogens with zero attached hydrogens (tertiary/aromatic N) is 2. The zero-order valence-electron chi connectivity index (χ0n) is 67.5. The number of hydrogen-bond acceptors (Lipinski definition) is 31. The number of H-pyrrole nitrogens is 1. The van der Waals surface area contributed by atoms with Gasteiger partial charge in [-0.1, -0.05) is 68.8 Å². The van der Waals surface area contributed by atoms with Crippen molar-refractivity contribution in [3.63, 3.8) is 0 Å². The highest BCUT2D eigenvalue weighted by Crippen LogP contribution is 2.46. The Morgan fingerprint density at radius 3 is 1.47 bits per heavy atom. The van der Waals surface area contributed by atoms with E-state index in [9.17, 15) is 53.7 Å². The number of aromatic amines is 1. The van der Waals surface area contributed by atoms with Gasteiger partial charge < -0.3 is 123 Å². The largest absolute Gasteiger partial charge is 0.496 e. The molecule has 0 spiro atoms. The predicted octanol–water partition coefficient (Wildman–Crippen LogP) is 7.27. The maximum absolute atomic E-state index is 14.2. The number of carbonyl (C=O) groups is 8. The lowest BCUT2D eigenvalue weighted by Crippen LogP contribution is -2.30. The van der Waals surface area contributed by atoms with Gasteiger partial charge in [-0.15, -0.1) is 11.6 Å². The smallest absolute Gasteiger partial charge is 0.311 e. The van der Waals surface area contributed by atoms with Crippen molar-refractivity contribution >= 4 is 108 Å². The van der Waals surface area contributed by atoms with Crippen molar-refractivity contribution in [1.29, 1.82) is 0 Å². The van der Waals surface area contributed by atoms with Crippen LogP contribution in [-0.2, 0) is 98.9 Å². The molecule has 37 heteroatoms. The number of aliphatic hydroxyl groups excluding tert-OH is 7. The molecule has 116 heavy (non-hydrogen) atoms. The number of benzene rings is 3. The first-order valence-electron chi connectivity index (χ1n) is 38.3.